The summed E-state index contributed by atoms with van der Waals surface area (Å²) in [5.74, 6) is 0.893. The molecule has 3 nitrogen and oxygen atoms in total. The van der Waals surface area contributed by atoms with Crippen LogP contribution in [0.3, 0.4) is 0 Å². The third kappa shape index (κ3) is 4.43. The molecule has 3 rings (SSSR count). The fourth-order valence-corrected chi connectivity index (χ4v) is 2.27. The van der Waals surface area contributed by atoms with Crippen molar-refractivity contribution in [2.45, 2.75) is 6.42 Å². The van der Waals surface area contributed by atoms with Gasteiger partial charge < -0.3 is 10.1 Å². The van der Waals surface area contributed by atoms with Crippen molar-refractivity contribution in [2.24, 2.45) is 0 Å². The number of anilines is 1. The maximum Gasteiger partial charge on any atom is 0.228 e. The molecule has 4 heteroatoms. The van der Waals surface area contributed by atoms with Gasteiger partial charge in [-0.2, -0.15) is 0 Å². The fraction of sp³-hybridized carbons (Fsp3) is 0.0500. The van der Waals surface area contributed by atoms with E-state index in [9.17, 15) is 9.18 Å². The molecule has 0 saturated heterocycles. The van der Waals surface area contributed by atoms with E-state index in [1.807, 2.05) is 30.3 Å². The van der Waals surface area contributed by atoms with Crippen LogP contribution >= 0.6 is 0 Å². The van der Waals surface area contributed by atoms with E-state index in [-0.39, 0.29) is 18.1 Å². The molecule has 0 unspecified atom stereocenters. The van der Waals surface area contributed by atoms with E-state index in [0.717, 1.165) is 5.75 Å². The minimum atomic E-state index is -0.345. The largest absolute Gasteiger partial charge is 0.457 e. The molecule has 120 valence electrons. The van der Waals surface area contributed by atoms with Crippen LogP contribution in [0.1, 0.15) is 5.56 Å². The van der Waals surface area contributed by atoms with Crippen LogP contribution in [-0.4, -0.2) is 5.91 Å². The minimum absolute atomic E-state index is 0.125. The molecule has 24 heavy (non-hydrogen) atoms. The number of hydrogen-bond donors (Lipinski definition) is 1. The zero-order valence-corrected chi connectivity index (χ0v) is 12.9. The number of carbonyl (C=O) groups excluding carboxylic acids is 1. The standard InChI is InChI=1S/C20H16FNO2/c21-16-6-4-5-15(13-16)14-20(23)22-17-9-11-19(12-10-17)24-18-7-2-1-3-8-18/h1-13H,14H2,(H,22,23). The summed E-state index contributed by atoms with van der Waals surface area (Å²) in [5, 5.41) is 2.78. The Balaban J connectivity index is 1.58. The molecule has 3 aromatic rings. The van der Waals surface area contributed by atoms with Crippen LogP contribution in [0, 0.1) is 5.82 Å². The molecule has 0 aliphatic heterocycles. The highest BCUT2D eigenvalue weighted by atomic mass is 19.1. The van der Waals surface area contributed by atoms with Gasteiger partial charge in [-0.1, -0.05) is 30.3 Å². The maximum atomic E-state index is 13.1. The normalized spacial score (nSPS) is 10.2. The van der Waals surface area contributed by atoms with Gasteiger partial charge in [0.1, 0.15) is 17.3 Å². The zero-order chi connectivity index (χ0) is 16.8. The van der Waals surface area contributed by atoms with Gasteiger partial charge >= 0.3 is 0 Å². The molecule has 0 fully saturated rings. The summed E-state index contributed by atoms with van der Waals surface area (Å²) in [6.07, 6.45) is 0.125. The molecule has 0 aliphatic carbocycles. The van der Waals surface area contributed by atoms with Crippen molar-refractivity contribution < 1.29 is 13.9 Å². The maximum absolute atomic E-state index is 13.1. The quantitative estimate of drug-likeness (QED) is 0.733. The topological polar surface area (TPSA) is 38.3 Å². The van der Waals surface area contributed by atoms with Crippen LogP contribution in [0.4, 0.5) is 10.1 Å². The number of halogens is 1. The molecule has 1 amide bonds. The second kappa shape index (κ2) is 7.42. The molecule has 0 bridgehead atoms. The summed E-state index contributed by atoms with van der Waals surface area (Å²) in [5.41, 5.74) is 1.30. The number of amides is 1. The van der Waals surface area contributed by atoms with Crippen LogP contribution in [-0.2, 0) is 11.2 Å². The van der Waals surface area contributed by atoms with Gasteiger partial charge in [0.15, 0.2) is 0 Å². The van der Waals surface area contributed by atoms with E-state index in [1.54, 1.807) is 36.4 Å². The van der Waals surface area contributed by atoms with Gasteiger partial charge in [-0.3, -0.25) is 4.79 Å². The van der Waals surface area contributed by atoms with Gasteiger partial charge in [0.25, 0.3) is 0 Å². The molecule has 0 aliphatic rings. The van der Waals surface area contributed by atoms with Crippen LogP contribution in [0.2, 0.25) is 0 Å². The van der Waals surface area contributed by atoms with Crippen molar-refractivity contribution in [3.8, 4) is 11.5 Å². The summed E-state index contributed by atoms with van der Waals surface area (Å²) in [7, 11) is 0. The van der Waals surface area contributed by atoms with E-state index in [0.29, 0.717) is 17.0 Å². The first-order valence-electron chi connectivity index (χ1n) is 7.56. The number of ether oxygens (including phenoxy) is 1. The first-order valence-corrected chi connectivity index (χ1v) is 7.56. The predicted molar refractivity (Wildman–Crippen MR) is 91.7 cm³/mol. The molecule has 0 saturated carbocycles. The van der Waals surface area contributed by atoms with Crippen LogP contribution in [0.5, 0.6) is 11.5 Å². The van der Waals surface area contributed by atoms with Crippen LogP contribution in [0.25, 0.3) is 0 Å². The van der Waals surface area contributed by atoms with E-state index in [4.69, 9.17) is 4.74 Å². The highest BCUT2D eigenvalue weighted by molar-refractivity contribution is 5.92. The van der Waals surface area contributed by atoms with Crippen LogP contribution < -0.4 is 10.1 Å². The number of rotatable bonds is 5. The van der Waals surface area contributed by atoms with Gasteiger partial charge in [0.2, 0.25) is 5.91 Å². The lowest BCUT2D eigenvalue weighted by Gasteiger charge is -2.08. The molecular formula is C20H16FNO2. The van der Waals surface area contributed by atoms with Gasteiger partial charge in [-0.05, 0) is 54.1 Å². The highest BCUT2D eigenvalue weighted by Gasteiger charge is 2.05. The Morgan fingerprint density at radius 1 is 0.875 bits per heavy atom. The van der Waals surface area contributed by atoms with Gasteiger partial charge in [0.05, 0.1) is 6.42 Å². The smallest absolute Gasteiger partial charge is 0.228 e. The number of para-hydroxylation sites is 1. The Bertz CT molecular complexity index is 817. The third-order valence-electron chi connectivity index (χ3n) is 3.37. The minimum Gasteiger partial charge on any atom is -0.457 e. The SMILES string of the molecule is O=C(Cc1cccc(F)c1)Nc1ccc(Oc2ccccc2)cc1. The Morgan fingerprint density at radius 2 is 1.58 bits per heavy atom. The van der Waals surface area contributed by atoms with Crippen molar-refractivity contribution in [3.05, 3.63) is 90.2 Å². The molecule has 0 heterocycles. The number of hydrogen-bond acceptors (Lipinski definition) is 2. The lowest BCUT2D eigenvalue weighted by Crippen LogP contribution is -2.14. The van der Waals surface area contributed by atoms with Crippen molar-refractivity contribution in [1.29, 1.82) is 0 Å². The summed E-state index contributed by atoms with van der Waals surface area (Å²) in [6, 6.07) is 22.6. The zero-order valence-electron chi connectivity index (χ0n) is 12.9. The highest BCUT2D eigenvalue weighted by Crippen LogP contribution is 2.22. The van der Waals surface area contributed by atoms with E-state index in [1.165, 1.54) is 12.1 Å². The Kier molecular flexibility index (Phi) is 4.87. The van der Waals surface area contributed by atoms with E-state index >= 15 is 0 Å². The van der Waals surface area contributed by atoms with Crippen molar-refractivity contribution in [1.82, 2.24) is 0 Å². The van der Waals surface area contributed by atoms with Crippen LogP contribution in [0.15, 0.2) is 78.9 Å². The van der Waals surface area contributed by atoms with Gasteiger partial charge in [0, 0.05) is 5.69 Å². The number of benzene rings is 3. The molecule has 0 aromatic heterocycles. The Hall–Kier alpha value is -3.14. The van der Waals surface area contributed by atoms with Gasteiger partial charge in [-0.15, -0.1) is 0 Å². The lowest BCUT2D eigenvalue weighted by molar-refractivity contribution is -0.115. The summed E-state index contributed by atoms with van der Waals surface area (Å²) in [6.45, 7) is 0. The molecule has 0 radical (unpaired) electrons. The Morgan fingerprint density at radius 3 is 2.29 bits per heavy atom. The molecule has 1 N–H and O–H groups in total. The molecule has 0 atom stereocenters. The number of nitrogens with one attached hydrogen (secondary N) is 1. The third-order valence-corrected chi connectivity index (χ3v) is 3.37. The van der Waals surface area contributed by atoms with E-state index < -0.39 is 0 Å². The van der Waals surface area contributed by atoms with Gasteiger partial charge in [-0.25, -0.2) is 4.39 Å². The monoisotopic (exact) mass is 321 g/mol. The first kappa shape index (κ1) is 15.7. The average Bonchev–Trinajstić information content (AvgIpc) is 2.57. The number of carbonyl (C=O) groups is 1. The predicted octanol–water partition coefficient (Wildman–Crippen LogP) is 4.80. The summed E-state index contributed by atoms with van der Waals surface area (Å²) < 4.78 is 18.8. The summed E-state index contributed by atoms with van der Waals surface area (Å²) in [4.78, 5) is 12.0. The Labute approximate surface area is 139 Å². The van der Waals surface area contributed by atoms with Crippen molar-refractivity contribution in [2.75, 3.05) is 5.32 Å². The second-order valence-electron chi connectivity index (χ2n) is 5.29. The lowest BCUT2D eigenvalue weighted by atomic mass is 10.1. The molecule has 0 spiro atoms. The molecular weight excluding hydrogens is 305 g/mol. The average molecular weight is 321 g/mol. The van der Waals surface area contributed by atoms with E-state index in [2.05, 4.69) is 5.32 Å². The van der Waals surface area contributed by atoms with Crippen molar-refractivity contribution >= 4 is 11.6 Å². The molecule has 3 aromatic carbocycles. The second-order valence-corrected chi connectivity index (χ2v) is 5.29. The summed E-state index contributed by atoms with van der Waals surface area (Å²) >= 11 is 0. The fourth-order valence-electron chi connectivity index (χ4n) is 2.27. The van der Waals surface area contributed by atoms with Crippen molar-refractivity contribution in [3.63, 3.8) is 0 Å². The first-order chi connectivity index (χ1) is 11.7.